The number of guanidine groups is 1. The van der Waals surface area contributed by atoms with Gasteiger partial charge < -0.3 is 15.7 Å². The van der Waals surface area contributed by atoms with Crippen LogP contribution in [0.3, 0.4) is 0 Å². The minimum atomic E-state index is -0.119. The predicted octanol–water partition coefficient (Wildman–Crippen LogP) is 4.84. The number of aliphatic hydroxyl groups excluding tert-OH is 1. The van der Waals surface area contributed by atoms with Crippen molar-refractivity contribution < 1.29 is 5.11 Å². The molecule has 0 radical (unpaired) electrons. The van der Waals surface area contributed by atoms with Crippen LogP contribution in [-0.2, 0) is 13.1 Å². The molecule has 0 aliphatic carbocycles. The van der Waals surface area contributed by atoms with E-state index >= 15 is 0 Å². The number of likely N-dealkylation sites (tertiary alicyclic amines) is 1. The SMILES string of the molecule is CN=C(NCc1ccc(CN2CCC(O)CC2)cc1)NC(C)c1ccc2ccccc2c1.I. The summed E-state index contributed by atoms with van der Waals surface area (Å²) in [7, 11) is 1.81. The van der Waals surface area contributed by atoms with Crippen LogP contribution in [0.5, 0.6) is 0 Å². The normalized spacial score (nSPS) is 16.3. The van der Waals surface area contributed by atoms with E-state index in [1.165, 1.54) is 27.5 Å². The van der Waals surface area contributed by atoms with Crippen molar-refractivity contribution in [2.45, 2.75) is 45.0 Å². The number of halogens is 1. The molecule has 1 unspecified atom stereocenters. The van der Waals surface area contributed by atoms with E-state index < -0.39 is 0 Å². The molecule has 4 rings (SSSR count). The maximum Gasteiger partial charge on any atom is 0.191 e. The topological polar surface area (TPSA) is 59.9 Å². The standard InChI is InChI=1S/C27H34N4O.HI/c1-20(24-12-11-23-5-3-4-6-25(23)17-24)30-27(28-2)29-18-21-7-9-22(10-8-21)19-31-15-13-26(32)14-16-31;/h3-12,17,20,26,32H,13-16,18-19H2,1-2H3,(H2,28,29,30);1H. The zero-order valence-electron chi connectivity index (χ0n) is 19.5. The van der Waals surface area contributed by atoms with Gasteiger partial charge in [-0.2, -0.15) is 0 Å². The first-order valence-electron chi connectivity index (χ1n) is 11.5. The van der Waals surface area contributed by atoms with Crippen LogP contribution in [0.2, 0.25) is 0 Å². The minimum absolute atomic E-state index is 0. The molecule has 6 heteroatoms. The largest absolute Gasteiger partial charge is 0.393 e. The average molecular weight is 559 g/mol. The molecule has 1 aliphatic rings. The first-order valence-corrected chi connectivity index (χ1v) is 11.5. The van der Waals surface area contributed by atoms with Gasteiger partial charge in [-0.3, -0.25) is 9.89 Å². The number of hydrogen-bond acceptors (Lipinski definition) is 3. The number of hydrogen-bond donors (Lipinski definition) is 3. The average Bonchev–Trinajstić information content (AvgIpc) is 2.83. The summed E-state index contributed by atoms with van der Waals surface area (Å²) in [5, 5.41) is 19.1. The number of piperidine rings is 1. The van der Waals surface area contributed by atoms with Crippen molar-refractivity contribution in [1.29, 1.82) is 0 Å². The fourth-order valence-corrected chi connectivity index (χ4v) is 4.24. The molecule has 176 valence electrons. The Morgan fingerprint density at radius 2 is 1.67 bits per heavy atom. The quantitative estimate of drug-likeness (QED) is 0.230. The highest BCUT2D eigenvalue weighted by Gasteiger charge is 2.16. The fourth-order valence-electron chi connectivity index (χ4n) is 4.24. The van der Waals surface area contributed by atoms with Gasteiger partial charge in [0.25, 0.3) is 0 Å². The van der Waals surface area contributed by atoms with Gasteiger partial charge in [-0.25, -0.2) is 0 Å². The van der Waals surface area contributed by atoms with Crippen molar-refractivity contribution in [3.63, 3.8) is 0 Å². The molecule has 0 saturated carbocycles. The van der Waals surface area contributed by atoms with E-state index in [0.717, 1.165) is 45.0 Å². The van der Waals surface area contributed by atoms with Crippen LogP contribution in [0.15, 0.2) is 71.7 Å². The Balaban J connectivity index is 0.00000306. The molecular weight excluding hydrogens is 523 g/mol. The van der Waals surface area contributed by atoms with E-state index in [9.17, 15) is 5.11 Å². The Morgan fingerprint density at radius 3 is 2.36 bits per heavy atom. The molecule has 33 heavy (non-hydrogen) atoms. The molecule has 3 N–H and O–H groups in total. The van der Waals surface area contributed by atoms with Crippen LogP contribution < -0.4 is 10.6 Å². The predicted molar refractivity (Wildman–Crippen MR) is 148 cm³/mol. The Hall–Kier alpha value is -2.16. The molecule has 1 fully saturated rings. The molecule has 0 aromatic heterocycles. The lowest BCUT2D eigenvalue weighted by Crippen LogP contribution is -2.38. The second kappa shape index (κ2) is 12.3. The van der Waals surface area contributed by atoms with Crippen molar-refractivity contribution in [1.82, 2.24) is 15.5 Å². The first-order chi connectivity index (χ1) is 15.6. The van der Waals surface area contributed by atoms with Crippen molar-refractivity contribution in [3.8, 4) is 0 Å². The number of aliphatic imine (C=N–C) groups is 1. The van der Waals surface area contributed by atoms with Crippen LogP contribution in [0.25, 0.3) is 10.8 Å². The molecule has 3 aromatic carbocycles. The molecule has 1 aliphatic heterocycles. The molecular formula is C27H35IN4O. The van der Waals surface area contributed by atoms with E-state index in [0.29, 0.717) is 0 Å². The van der Waals surface area contributed by atoms with Crippen molar-refractivity contribution >= 4 is 40.7 Å². The molecule has 1 atom stereocenters. The zero-order chi connectivity index (χ0) is 22.3. The van der Waals surface area contributed by atoms with Crippen molar-refractivity contribution in [2.75, 3.05) is 20.1 Å². The maximum atomic E-state index is 9.67. The van der Waals surface area contributed by atoms with E-state index in [2.05, 4.69) is 94.2 Å². The smallest absolute Gasteiger partial charge is 0.191 e. The summed E-state index contributed by atoms with van der Waals surface area (Å²) in [6.07, 6.45) is 1.64. The van der Waals surface area contributed by atoms with Crippen LogP contribution >= 0.6 is 24.0 Å². The third-order valence-electron chi connectivity index (χ3n) is 6.30. The Kier molecular flexibility index (Phi) is 9.52. The van der Waals surface area contributed by atoms with Gasteiger partial charge in [0, 0.05) is 33.2 Å². The Labute approximate surface area is 214 Å². The van der Waals surface area contributed by atoms with E-state index in [4.69, 9.17) is 0 Å². The monoisotopic (exact) mass is 558 g/mol. The van der Waals surface area contributed by atoms with Gasteiger partial charge in [0.1, 0.15) is 0 Å². The highest BCUT2D eigenvalue weighted by atomic mass is 127. The summed E-state index contributed by atoms with van der Waals surface area (Å²) >= 11 is 0. The summed E-state index contributed by atoms with van der Waals surface area (Å²) in [4.78, 5) is 6.82. The van der Waals surface area contributed by atoms with Gasteiger partial charge >= 0.3 is 0 Å². The number of rotatable bonds is 6. The summed E-state index contributed by atoms with van der Waals surface area (Å²) in [6, 6.07) is 23.9. The number of fused-ring (bicyclic) bond motifs is 1. The van der Waals surface area contributed by atoms with E-state index in [-0.39, 0.29) is 36.1 Å². The van der Waals surface area contributed by atoms with Crippen LogP contribution in [0.4, 0.5) is 0 Å². The van der Waals surface area contributed by atoms with Crippen LogP contribution in [0, 0.1) is 0 Å². The van der Waals surface area contributed by atoms with Gasteiger partial charge in [0.2, 0.25) is 0 Å². The summed E-state index contributed by atoms with van der Waals surface area (Å²) in [5.74, 6) is 0.793. The highest BCUT2D eigenvalue weighted by Crippen LogP contribution is 2.20. The first kappa shape index (κ1) is 25.5. The second-order valence-corrected chi connectivity index (χ2v) is 8.72. The van der Waals surface area contributed by atoms with Gasteiger partial charge in [0.05, 0.1) is 12.1 Å². The lowest BCUT2D eigenvalue weighted by atomic mass is 10.0. The fraction of sp³-hybridized carbons (Fsp3) is 0.370. The number of nitrogens with zero attached hydrogens (tertiary/aromatic N) is 2. The third kappa shape index (κ3) is 7.16. The van der Waals surface area contributed by atoms with Crippen molar-refractivity contribution in [2.24, 2.45) is 4.99 Å². The molecule has 3 aromatic rings. The van der Waals surface area contributed by atoms with Crippen LogP contribution in [0.1, 0.15) is 42.5 Å². The number of benzene rings is 3. The molecule has 1 heterocycles. The van der Waals surface area contributed by atoms with Gasteiger partial charge in [-0.05, 0) is 53.3 Å². The minimum Gasteiger partial charge on any atom is -0.393 e. The Morgan fingerprint density at radius 1 is 1.00 bits per heavy atom. The Bertz CT molecular complexity index is 1050. The molecule has 1 saturated heterocycles. The van der Waals surface area contributed by atoms with Crippen LogP contribution in [-0.4, -0.2) is 42.2 Å². The number of aliphatic hydroxyl groups is 1. The summed E-state index contributed by atoms with van der Waals surface area (Å²) in [6.45, 7) is 5.78. The maximum absolute atomic E-state index is 9.67. The number of nitrogens with one attached hydrogen (secondary N) is 2. The van der Waals surface area contributed by atoms with Crippen molar-refractivity contribution in [3.05, 3.63) is 83.4 Å². The highest BCUT2D eigenvalue weighted by molar-refractivity contribution is 14.0. The van der Waals surface area contributed by atoms with E-state index in [1.54, 1.807) is 7.05 Å². The molecule has 0 spiro atoms. The van der Waals surface area contributed by atoms with Gasteiger partial charge in [0.15, 0.2) is 5.96 Å². The van der Waals surface area contributed by atoms with Gasteiger partial charge in [-0.15, -0.1) is 24.0 Å². The molecule has 0 amide bonds. The molecule has 0 bridgehead atoms. The lowest BCUT2D eigenvalue weighted by Gasteiger charge is -2.29. The van der Waals surface area contributed by atoms with E-state index in [1.807, 2.05) is 0 Å². The zero-order valence-corrected chi connectivity index (χ0v) is 21.8. The summed E-state index contributed by atoms with van der Waals surface area (Å²) < 4.78 is 0. The van der Waals surface area contributed by atoms with Gasteiger partial charge in [-0.1, -0.05) is 60.7 Å². The third-order valence-corrected chi connectivity index (χ3v) is 6.30. The second-order valence-electron chi connectivity index (χ2n) is 8.72. The summed E-state index contributed by atoms with van der Waals surface area (Å²) in [5.41, 5.74) is 3.78. The lowest BCUT2D eigenvalue weighted by molar-refractivity contribution is 0.0792. The molecule has 5 nitrogen and oxygen atoms in total.